The molecule has 1 N–H and O–H groups in total. The van der Waals surface area contributed by atoms with Crippen LogP contribution in [0.5, 0.6) is 17.2 Å². The molecule has 8 heteroatoms. The summed E-state index contributed by atoms with van der Waals surface area (Å²) in [7, 11) is 4.79. The fourth-order valence-corrected chi connectivity index (χ4v) is 3.71. The predicted molar refractivity (Wildman–Crippen MR) is 106 cm³/mol. The van der Waals surface area contributed by atoms with Gasteiger partial charge in [0, 0.05) is 31.0 Å². The summed E-state index contributed by atoms with van der Waals surface area (Å²) in [5.41, 5.74) is 2.48. The second-order valence-corrected chi connectivity index (χ2v) is 6.69. The van der Waals surface area contributed by atoms with Gasteiger partial charge in [-0.05, 0) is 25.0 Å². The van der Waals surface area contributed by atoms with Gasteiger partial charge in [-0.15, -0.1) is 0 Å². The molecule has 0 bridgehead atoms. The Bertz CT molecular complexity index is 980. The van der Waals surface area contributed by atoms with E-state index in [1.807, 2.05) is 28.9 Å². The molecule has 0 amide bonds. The van der Waals surface area contributed by atoms with Crippen LogP contribution in [0.4, 0.5) is 5.82 Å². The van der Waals surface area contributed by atoms with Gasteiger partial charge in [-0.2, -0.15) is 0 Å². The Hall–Kier alpha value is -3.00. The van der Waals surface area contributed by atoms with Crippen molar-refractivity contribution in [3.63, 3.8) is 0 Å². The van der Waals surface area contributed by atoms with Crippen LogP contribution in [0.1, 0.15) is 12.8 Å². The molecule has 0 radical (unpaired) electrons. The summed E-state index contributed by atoms with van der Waals surface area (Å²) in [5.74, 6) is 2.55. The Morgan fingerprint density at radius 2 is 1.75 bits per heavy atom. The molecule has 1 aliphatic rings. The van der Waals surface area contributed by atoms with E-state index in [2.05, 4.69) is 14.9 Å². The lowest BCUT2D eigenvalue weighted by molar-refractivity contribution is 0.145. The molecule has 1 aliphatic heterocycles. The third kappa shape index (κ3) is 2.99. The normalized spacial score (nSPS) is 15.1. The van der Waals surface area contributed by atoms with Gasteiger partial charge in [0.15, 0.2) is 23.0 Å². The first kappa shape index (κ1) is 18.4. The number of fused-ring (bicyclic) bond motifs is 1. The number of aliphatic hydroxyl groups excluding tert-OH is 1. The Balaban J connectivity index is 1.82. The van der Waals surface area contributed by atoms with Crippen molar-refractivity contribution in [2.45, 2.75) is 18.9 Å². The zero-order valence-corrected chi connectivity index (χ0v) is 16.3. The molecule has 0 aliphatic carbocycles. The highest BCUT2D eigenvalue weighted by atomic mass is 16.5. The summed E-state index contributed by atoms with van der Waals surface area (Å²) in [4.78, 5) is 11.4. The average Bonchev–Trinajstić information content (AvgIpc) is 3.17. The van der Waals surface area contributed by atoms with Crippen LogP contribution in [0.2, 0.25) is 0 Å². The van der Waals surface area contributed by atoms with E-state index in [4.69, 9.17) is 14.2 Å². The van der Waals surface area contributed by atoms with Crippen LogP contribution >= 0.6 is 0 Å². The maximum absolute atomic E-state index is 9.79. The minimum Gasteiger partial charge on any atom is -0.493 e. The van der Waals surface area contributed by atoms with Crippen molar-refractivity contribution in [1.29, 1.82) is 0 Å². The van der Waals surface area contributed by atoms with Gasteiger partial charge in [-0.3, -0.25) is 4.40 Å². The van der Waals surface area contributed by atoms with E-state index in [1.54, 1.807) is 27.5 Å². The highest BCUT2D eigenvalue weighted by Gasteiger charge is 2.23. The van der Waals surface area contributed by atoms with E-state index >= 15 is 0 Å². The molecule has 0 unspecified atom stereocenters. The number of piperidine rings is 1. The molecule has 2 aromatic heterocycles. The summed E-state index contributed by atoms with van der Waals surface area (Å²) in [6.07, 6.45) is 6.70. The van der Waals surface area contributed by atoms with Crippen LogP contribution in [0, 0.1) is 0 Å². The zero-order chi connectivity index (χ0) is 19.7. The minimum atomic E-state index is -0.234. The number of methoxy groups -OCH3 is 3. The number of benzene rings is 1. The summed E-state index contributed by atoms with van der Waals surface area (Å²) in [6, 6.07) is 3.78. The topological polar surface area (TPSA) is 81.4 Å². The van der Waals surface area contributed by atoms with Gasteiger partial charge in [0.05, 0.1) is 39.3 Å². The Morgan fingerprint density at radius 1 is 1.00 bits per heavy atom. The van der Waals surface area contributed by atoms with Gasteiger partial charge in [0.1, 0.15) is 0 Å². The molecule has 0 atom stereocenters. The van der Waals surface area contributed by atoms with Crippen LogP contribution in [0.25, 0.3) is 16.9 Å². The number of rotatable bonds is 5. The van der Waals surface area contributed by atoms with Crippen LogP contribution in [0.15, 0.2) is 30.7 Å². The lowest BCUT2D eigenvalue weighted by atomic mass is 10.1. The first-order valence-corrected chi connectivity index (χ1v) is 9.22. The molecule has 4 rings (SSSR count). The Kier molecular flexibility index (Phi) is 4.95. The number of aliphatic hydroxyl groups is 1. The van der Waals surface area contributed by atoms with E-state index in [0.717, 1.165) is 48.7 Å². The first-order valence-electron chi connectivity index (χ1n) is 9.22. The van der Waals surface area contributed by atoms with Crippen molar-refractivity contribution < 1.29 is 19.3 Å². The molecule has 148 valence electrons. The fraction of sp³-hybridized carbons (Fsp3) is 0.400. The molecule has 3 aromatic rings. The lowest BCUT2D eigenvalue weighted by Crippen LogP contribution is -2.36. The van der Waals surface area contributed by atoms with Crippen LogP contribution in [-0.4, -0.2) is 60.0 Å². The summed E-state index contributed by atoms with van der Waals surface area (Å²) < 4.78 is 18.5. The van der Waals surface area contributed by atoms with Crippen molar-refractivity contribution in [2.75, 3.05) is 39.3 Å². The maximum atomic E-state index is 9.79. The molecule has 1 saturated heterocycles. The maximum Gasteiger partial charge on any atom is 0.203 e. The fourth-order valence-electron chi connectivity index (χ4n) is 3.71. The molecule has 0 spiro atoms. The monoisotopic (exact) mass is 384 g/mol. The number of nitrogens with zero attached hydrogens (tertiary/aromatic N) is 4. The Morgan fingerprint density at radius 3 is 2.43 bits per heavy atom. The molecule has 1 aromatic carbocycles. The van der Waals surface area contributed by atoms with E-state index in [0.29, 0.717) is 17.2 Å². The SMILES string of the molecule is COc1ccc(-c2cnc3c(N4CCC(O)CC4)nccn23)c(OC)c1OC. The van der Waals surface area contributed by atoms with Gasteiger partial charge in [-0.25, -0.2) is 9.97 Å². The standard InChI is InChI=1S/C20H24N4O4/c1-26-16-5-4-14(17(27-2)18(16)28-3)15-12-22-20-19(21-8-11-24(15)20)23-9-6-13(25)7-10-23/h4-5,8,11-13,25H,6-7,9-10H2,1-3H3. The lowest BCUT2D eigenvalue weighted by Gasteiger charge is -2.30. The average molecular weight is 384 g/mol. The highest BCUT2D eigenvalue weighted by molar-refractivity contribution is 5.78. The predicted octanol–water partition coefficient (Wildman–Crippen LogP) is 2.38. The number of imidazole rings is 1. The summed E-state index contributed by atoms with van der Waals surface area (Å²) in [5, 5.41) is 9.79. The van der Waals surface area contributed by atoms with Crippen LogP contribution < -0.4 is 19.1 Å². The molecule has 0 saturated carbocycles. The van der Waals surface area contributed by atoms with E-state index in [1.165, 1.54) is 0 Å². The molecule has 28 heavy (non-hydrogen) atoms. The summed E-state index contributed by atoms with van der Waals surface area (Å²) in [6.45, 7) is 1.52. The summed E-state index contributed by atoms with van der Waals surface area (Å²) >= 11 is 0. The number of hydrogen-bond donors (Lipinski definition) is 1. The van der Waals surface area contributed by atoms with Crippen molar-refractivity contribution in [2.24, 2.45) is 0 Å². The smallest absolute Gasteiger partial charge is 0.203 e. The number of hydrogen-bond acceptors (Lipinski definition) is 7. The van der Waals surface area contributed by atoms with E-state index < -0.39 is 0 Å². The van der Waals surface area contributed by atoms with Crippen molar-refractivity contribution in [1.82, 2.24) is 14.4 Å². The second-order valence-electron chi connectivity index (χ2n) is 6.69. The van der Waals surface area contributed by atoms with Crippen molar-refractivity contribution in [3.05, 3.63) is 30.7 Å². The number of aromatic nitrogens is 3. The molecular formula is C20H24N4O4. The molecule has 8 nitrogen and oxygen atoms in total. The first-order chi connectivity index (χ1) is 13.7. The largest absolute Gasteiger partial charge is 0.493 e. The van der Waals surface area contributed by atoms with Gasteiger partial charge >= 0.3 is 0 Å². The van der Waals surface area contributed by atoms with Crippen molar-refractivity contribution in [3.8, 4) is 28.5 Å². The van der Waals surface area contributed by atoms with Crippen LogP contribution in [-0.2, 0) is 0 Å². The third-order valence-electron chi connectivity index (χ3n) is 5.15. The second kappa shape index (κ2) is 7.55. The van der Waals surface area contributed by atoms with Gasteiger partial charge in [0.2, 0.25) is 5.75 Å². The third-order valence-corrected chi connectivity index (χ3v) is 5.15. The minimum absolute atomic E-state index is 0.234. The number of ether oxygens (including phenoxy) is 3. The van der Waals surface area contributed by atoms with Crippen molar-refractivity contribution >= 4 is 11.5 Å². The van der Waals surface area contributed by atoms with Gasteiger partial charge in [-0.1, -0.05) is 0 Å². The molecule has 3 heterocycles. The van der Waals surface area contributed by atoms with E-state index in [-0.39, 0.29) is 6.10 Å². The Labute approximate surface area is 163 Å². The quantitative estimate of drug-likeness (QED) is 0.723. The number of anilines is 1. The zero-order valence-electron chi connectivity index (χ0n) is 16.3. The van der Waals surface area contributed by atoms with E-state index in [9.17, 15) is 5.11 Å². The van der Waals surface area contributed by atoms with Crippen LogP contribution in [0.3, 0.4) is 0 Å². The molecule has 1 fully saturated rings. The molecular weight excluding hydrogens is 360 g/mol. The highest BCUT2D eigenvalue weighted by Crippen LogP contribution is 2.44. The van der Waals surface area contributed by atoms with Gasteiger partial charge in [0.25, 0.3) is 0 Å². The van der Waals surface area contributed by atoms with Gasteiger partial charge < -0.3 is 24.2 Å².